The number of anilines is 1. The highest BCUT2D eigenvalue weighted by atomic mass is 32.2. The SMILES string of the molecule is CS(=O)(=O)N1CCN(C(=O)C2CCN(c3cc(-n4cncn4)ncn3)CC2)CC1. The van der Waals surface area contributed by atoms with Gasteiger partial charge in [-0.1, -0.05) is 0 Å². The van der Waals surface area contributed by atoms with Crippen molar-refractivity contribution in [2.45, 2.75) is 12.8 Å². The summed E-state index contributed by atoms with van der Waals surface area (Å²) < 4.78 is 26.3. The first-order valence-electron chi connectivity index (χ1n) is 9.58. The van der Waals surface area contributed by atoms with E-state index in [0.29, 0.717) is 32.0 Å². The molecule has 2 saturated heterocycles. The van der Waals surface area contributed by atoms with Crippen LogP contribution in [0.15, 0.2) is 25.0 Å². The van der Waals surface area contributed by atoms with E-state index < -0.39 is 10.0 Å². The molecular weight excluding hydrogens is 396 g/mol. The number of carbonyl (C=O) groups excluding carboxylic acids is 1. The molecule has 2 aromatic rings. The maximum absolute atomic E-state index is 12.9. The number of amides is 1. The van der Waals surface area contributed by atoms with E-state index in [0.717, 1.165) is 31.7 Å². The molecule has 29 heavy (non-hydrogen) atoms. The molecule has 1 amide bonds. The van der Waals surface area contributed by atoms with Crippen molar-refractivity contribution in [1.29, 1.82) is 0 Å². The molecule has 0 aromatic carbocycles. The lowest BCUT2D eigenvalue weighted by Gasteiger charge is -2.38. The van der Waals surface area contributed by atoms with Crippen molar-refractivity contribution in [1.82, 2.24) is 33.9 Å². The highest BCUT2D eigenvalue weighted by Gasteiger charge is 2.32. The van der Waals surface area contributed by atoms with Crippen molar-refractivity contribution >= 4 is 21.7 Å². The Kier molecular flexibility index (Phi) is 5.46. The summed E-state index contributed by atoms with van der Waals surface area (Å²) in [7, 11) is -3.19. The van der Waals surface area contributed by atoms with Crippen LogP contribution in [-0.2, 0) is 14.8 Å². The number of piperidine rings is 1. The van der Waals surface area contributed by atoms with Crippen LogP contribution in [0.2, 0.25) is 0 Å². The van der Waals surface area contributed by atoms with E-state index in [-0.39, 0.29) is 11.8 Å². The first kappa shape index (κ1) is 19.7. The molecule has 0 unspecified atom stereocenters. The Morgan fingerprint density at radius 1 is 1.00 bits per heavy atom. The van der Waals surface area contributed by atoms with Crippen LogP contribution >= 0.6 is 0 Å². The van der Waals surface area contributed by atoms with Crippen molar-refractivity contribution in [3.05, 3.63) is 25.0 Å². The summed E-state index contributed by atoms with van der Waals surface area (Å²) >= 11 is 0. The van der Waals surface area contributed by atoms with Crippen LogP contribution in [0.1, 0.15) is 12.8 Å². The molecule has 2 aliphatic rings. The fourth-order valence-corrected chi connectivity index (χ4v) is 4.64. The lowest BCUT2D eigenvalue weighted by Crippen LogP contribution is -2.52. The minimum absolute atomic E-state index is 0.0346. The molecule has 0 spiro atoms. The van der Waals surface area contributed by atoms with Crippen LogP contribution in [0, 0.1) is 5.92 Å². The van der Waals surface area contributed by atoms with Gasteiger partial charge in [-0.25, -0.2) is 28.1 Å². The smallest absolute Gasteiger partial charge is 0.225 e. The number of carbonyl (C=O) groups is 1. The Hall–Kier alpha value is -2.60. The van der Waals surface area contributed by atoms with Crippen LogP contribution in [0.25, 0.3) is 5.82 Å². The van der Waals surface area contributed by atoms with Crippen molar-refractivity contribution < 1.29 is 13.2 Å². The summed E-state index contributed by atoms with van der Waals surface area (Å²) in [5.74, 6) is 1.55. The molecule has 2 aromatic heterocycles. The summed E-state index contributed by atoms with van der Waals surface area (Å²) in [6.07, 6.45) is 7.24. The van der Waals surface area contributed by atoms with Crippen LogP contribution in [0.3, 0.4) is 0 Å². The monoisotopic (exact) mass is 420 g/mol. The largest absolute Gasteiger partial charge is 0.356 e. The number of hydrogen-bond acceptors (Lipinski definition) is 8. The molecule has 0 N–H and O–H groups in total. The Bertz CT molecular complexity index is 949. The van der Waals surface area contributed by atoms with Gasteiger partial charge in [0.15, 0.2) is 5.82 Å². The zero-order chi connectivity index (χ0) is 20.4. The van der Waals surface area contributed by atoms with Crippen molar-refractivity contribution in [3.8, 4) is 5.82 Å². The Morgan fingerprint density at radius 2 is 1.69 bits per heavy atom. The Balaban J connectivity index is 1.33. The molecular formula is C17H24N8O3S. The Labute approximate surface area is 169 Å². The second-order valence-corrected chi connectivity index (χ2v) is 9.31. The summed E-state index contributed by atoms with van der Waals surface area (Å²) in [6, 6.07) is 1.86. The number of nitrogens with zero attached hydrogens (tertiary/aromatic N) is 8. The summed E-state index contributed by atoms with van der Waals surface area (Å²) in [6.45, 7) is 3.12. The van der Waals surface area contributed by atoms with Gasteiger partial charge in [-0.15, -0.1) is 0 Å². The summed E-state index contributed by atoms with van der Waals surface area (Å²) in [5.41, 5.74) is 0. The zero-order valence-corrected chi connectivity index (χ0v) is 17.1. The van der Waals surface area contributed by atoms with Crippen molar-refractivity contribution in [2.24, 2.45) is 5.92 Å². The molecule has 0 radical (unpaired) electrons. The fraction of sp³-hybridized carbons (Fsp3) is 0.588. The minimum atomic E-state index is -3.19. The van der Waals surface area contributed by atoms with Crippen LogP contribution in [-0.4, -0.2) is 93.8 Å². The van der Waals surface area contributed by atoms with Gasteiger partial charge >= 0.3 is 0 Å². The van der Waals surface area contributed by atoms with E-state index in [2.05, 4.69) is 25.0 Å². The molecule has 4 heterocycles. The molecule has 0 bridgehead atoms. The highest BCUT2D eigenvalue weighted by Crippen LogP contribution is 2.24. The maximum atomic E-state index is 12.9. The van der Waals surface area contributed by atoms with Gasteiger partial charge in [-0.2, -0.15) is 9.40 Å². The molecule has 0 aliphatic carbocycles. The molecule has 156 valence electrons. The third-order valence-corrected chi connectivity index (χ3v) is 6.78. The number of aromatic nitrogens is 5. The predicted octanol–water partition coefficient (Wildman–Crippen LogP) is -0.622. The maximum Gasteiger partial charge on any atom is 0.225 e. The van der Waals surface area contributed by atoms with Gasteiger partial charge < -0.3 is 9.80 Å². The third kappa shape index (κ3) is 4.37. The standard InChI is InChI=1S/C17H24N8O3S/c1-29(27,28)24-8-6-23(7-9-24)17(26)14-2-4-22(5-3-14)15-10-16(20-12-19-15)25-13-18-11-21-25/h10-14H,2-9H2,1H3. The minimum Gasteiger partial charge on any atom is -0.356 e. The number of rotatable bonds is 4. The van der Waals surface area contributed by atoms with Gasteiger partial charge in [0.25, 0.3) is 0 Å². The topological polar surface area (TPSA) is 117 Å². The van der Waals surface area contributed by atoms with Crippen molar-refractivity contribution in [2.75, 3.05) is 50.4 Å². The quantitative estimate of drug-likeness (QED) is 0.642. The molecule has 0 atom stereocenters. The lowest BCUT2D eigenvalue weighted by atomic mass is 9.95. The molecule has 4 rings (SSSR count). The second kappa shape index (κ2) is 8.03. The van der Waals surface area contributed by atoms with Gasteiger partial charge in [0.2, 0.25) is 15.9 Å². The molecule has 2 aliphatic heterocycles. The first-order valence-corrected chi connectivity index (χ1v) is 11.4. The van der Waals surface area contributed by atoms with E-state index in [4.69, 9.17) is 0 Å². The highest BCUT2D eigenvalue weighted by molar-refractivity contribution is 7.88. The molecule has 0 saturated carbocycles. The van der Waals surface area contributed by atoms with Gasteiger partial charge in [0.05, 0.1) is 6.26 Å². The lowest BCUT2D eigenvalue weighted by molar-refractivity contribution is -0.137. The van der Waals surface area contributed by atoms with E-state index in [1.807, 2.05) is 6.07 Å². The Morgan fingerprint density at radius 3 is 2.31 bits per heavy atom. The first-order chi connectivity index (χ1) is 13.9. The average Bonchev–Trinajstić information content (AvgIpc) is 3.28. The summed E-state index contributed by atoms with van der Waals surface area (Å²) in [4.78, 5) is 29.3. The zero-order valence-electron chi connectivity index (χ0n) is 16.3. The third-order valence-electron chi connectivity index (χ3n) is 5.48. The average molecular weight is 420 g/mol. The molecule has 12 heteroatoms. The van der Waals surface area contributed by atoms with Gasteiger partial charge in [0, 0.05) is 51.3 Å². The van der Waals surface area contributed by atoms with Crippen molar-refractivity contribution in [3.63, 3.8) is 0 Å². The van der Waals surface area contributed by atoms with Gasteiger partial charge in [-0.05, 0) is 12.8 Å². The van der Waals surface area contributed by atoms with Crippen LogP contribution in [0.5, 0.6) is 0 Å². The molecule has 2 fully saturated rings. The van der Waals surface area contributed by atoms with Crippen LogP contribution < -0.4 is 4.90 Å². The van der Waals surface area contributed by atoms with Gasteiger partial charge in [-0.3, -0.25) is 4.79 Å². The fourth-order valence-electron chi connectivity index (χ4n) is 3.82. The number of hydrogen-bond donors (Lipinski definition) is 0. The van der Waals surface area contributed by atoms with Gasteiger partial charge in [0.1, 0.15) is 24.8 Å². The number of piperazine rings is 1. The van der Waals surface area contributed by atoms with Crippen LogP contribution in [0.4, 0.5) is 5.82 Å². The molecule has 11 nitrogen and oxygen atoms in total. The normalized spacial score (nSPS) is 19.5. The van der Waals surface area contributed by atoms with E-state index in [1.54, 1.807) is 15.9 Å². The second-order valence-electron chi connectivity index (χ2n) is 7.32. The predicted molar refractivity (Wildman–Crippen MR) is 105 cm³/mol. The van der Waals surface area contributed by atoms with E-state index >= 15 is 0 Å². The van der Waals surface area contributed by atoms with E-state index in [1.165, 1.54) is 23.2 Å². The van der Waals surface area contributed by atoms with E-state index in [9.17, 15) is 13.2 Å². The number of sulfonamides is 1. The summed E-state index contributed by atoms with van der Waals surface area (Å²) in [5, 5.41) is 4.09.